The molecule has 0 spiro atoms. The summed E-state index contributed by atoms with van der Waals surface area (Å²) in [5, 5.41) is 3.40. The quantitative estimate of drug-likeness (QED) is 0.368. The molecule has 0 amide bonds. The molecule has 1 fully saturated rings. The van der Waals surface area contributed by atoms with Gasteiger partial charge in [0.1, 0.15) is 17.5 Å². The van der Waals surface area contributed by atoms with Crippen LogP contribution in [-0.2, 0) is 4.74 Å². The Morgan fingerprint density at radius 1 is 1.24 bits per heavy atom. The molecule has 0 aliphatic heterocycles. The average molecular weight is 293 g/mol. The van der Waals surface area contributed by atoms with Crippen LogP contribution >= 0.6 is 0 Å². The topological polar surface area (TPSA) is 85.1 Å². The molecule has 0 aromatic carbocycles. The van der Waals surface area contributed by atoms with Crippen molar-refractivity contribution >= 4 is 11.6 Å². The Kier molecular flexibility index (Phi) is 5.76. The number of nitrogen functional groups attached to an aromatic ring is 1. The molecule has 6 heteroatoms. The lowest BCUT2D eigenvalue weighted by Crippen LogP contribution is -2.15. The van der Waals surface area contributed by atoms with Crippen molar-refractivity contribution in [1.82, 2.24) is 9.97 Å². The van der Waals surface area contributed by atoms with E-state index in [1.807, 2.05) is 6.92 Å². The fourth-order valence-corrected chi connectivity index (χ4v) is 2.12. The van der Waals surface area contributed by atoms with E-state index in [4.69, 9.17) is 10.6 Å². The van der Waals surface area contributed by atoms with Crippen LogP contribution in [0.4, 0.5) is 11.6 Å². The van der Waals surface area contributed by atoms with Gasteiger partial charge in [0.2, 0.25) is 0 Å². The predicted octanol–water partition coefficient (Wildman–Crippen LogP) is 2.57. The number of nitrogens with one attached hydrogen (secondary N) is 2. The van der Waals surface area contributed by atoms with Gasteiger partial charge in [-0.05, 0) is 46.5 Å². The number of aromatic nitrogens is 2. The number of ether oxygens (including phenoxy) is 1. The summed E-state index contributed by atoms with van der Waals surface area (Å²) in [7, 11) is 0. The summed E-state index contributed by atoms with van der Waals surface area (Å²) in [6.45, 7) is 7.79. The third-order valence-electron chi connectivity index (χ3n) is 3.56. The molecule has 0 radical (unpaired) electrons. The molecule has 118 valence electrons. The Morgan fingerprint density at radius 3 is 2.57 bits per heavy atom. The van der Waals surface area contributed by atoms with E-state index in [1.165, 1.54) is 12.8 Å². The van der Waals surface area contributed by atoms with E-state index in [0.29, 0.717) is 12.0 Å². The zero-order valence-electron chi connectivity index (χ0n) is 13.3. The van der Waals surface area contributed by atoms with Crippen molar-refractivity contribution in [3.8, 4) is 0 Å². The third kappa shape index (κ3) is 4.82. The Balaban J connectivity index is 1.85. The summed E-state index contributed by atoms with van der Waals surface area (Å²) >= 11 is 0. The summed E-state index contributed by atoms with van der Waals surface area (Å²) in [6, 6.07) is 0. The first kappa shape index (κ1) is 16.0. The molecule has 4 N–H and O–H groups in total. The van der Waals surface area contributed by atoms with Crippen molar-refractivity contribution in [3.63, 3.8) is 0 Å². The molecular formula is C15H27N5O. The molecule has 6 nitrogen and oxygen atoms in total. The van der Waals surface area contributed by atoms with Crippen LogP contribution in [0.15, 0.2) is 0 Å². The van der Waals surface area contributed by atoms with Gasteiger partial charge in [0.05, 0.1) is 6.10 Å². The minimum atomic E-state index is 0.307. The van der Waals surface area contributed by atoms with Gasteiger partial charge >= 0.3 is 0 Å². The molecule has 1 aliphatic rings. The first-order chi connectivity index (χ1) is 10.1. The molecule has 1 saturated carbocycles. The summed E-state index contributed by atoms with van der Waals surface area (Å²) in [6.07, 6.45) is 4.77. The van der Waals surface area contributed by atoms with Crippen LogP contribution in [0.25, 0.3) is 0 Å². The van der Waals surface area contributed by atoms with Gasteiger partial charge < -0.3 is 15.5 Å². The molecule has 0 saturated heterocycles. The molecular weight excluding hydrogens is 266 g/mol. The van der Waals surface area contributed by atoms with Crippen LogP contribution in [0, 0.1) is 6.92 Å². The van der Waals surface area contributed by atoms with Gasteiger partial charge in [-0.25, -0.2) is 15.8 Å². The van der Waals surface area contributed by atoms with Crippen LogP contribution in [-0.4, -0.2) is 29.2 Å². The molecule has 0 atom stereocenters. The predicted molar refractivity (Wildman–Crippen MR) is 85.4 cm³/mol. The Bertz CT molecular complexity index is 460. The van der Waals surface area contributed by atoms with Gasteiger partial charge in [0.15, 0.2) is 0 Å². The van der Waals surface area contributed by atoms with Gasteiger partial charge in [0, 0.05) is 24.6 Å². The number of hydrazine groups is 1. The second-order valence-corrected chi connectivity index (χ2v) is 5.88. The standard InChI is InChI=1S/C15H27N5O/c1-10(2)21-9-5-4-8-17-13-11(3)14(20-16)19-15(18-13)12-6-7-12/h10,12H,4-9,16H2,1-3H3,(H2,17,18,19,20). The second-order valence-electron chi connectivity index (χ2n) is 5.88. The summed E-state index contributed by atoms with van der Waals surface area (Å²) < 4.78 is 5.53. The van der Waals surface area contributed by atoms with E-state index < -0.39 is 0 Å². The number of hydrogen-bond acceptors (Lipinski definition) is 6. The number of nitrogens with zero attached hydrogens (tertiary/aromatic N) is 2. The summed E-state index contributed by atoms with van der Waals surface area (Å²) in [4.78, 5) is 9.12. The van der Waals surface area contributed by atoms with E-state index in [0.717, 1.165) is 49.0 Å². The van der Waals surface area contributed by atoms with Crippen molar-refractivity contribution in [3.05, 3.63) is 11.4 Å². The number of unbranched alkanes of at least 4 members (excludes halogenated alkanes) is 1. The maximum Gasteiger partial charge on any atom is 0.148 e. The van der Waals surface area contributed by atoms with Gasteiger partial charge in [-0.3, -0.25) is 0 Å². The summed E-state index contributed by atoms with van der Waals surface area (Å²) in [5.74, 6) is 8.57. The van der Waals surface area contributed by atoms with Gasteiger partial charge in [-0.15, -0.1) is 0 Å². The molecule has 0 unspecified atom stereocenters. The SMILES string of the molecule is Cc1c(NN)nc(C2CC2)nc1NCCCCOC(C)C. The molecule has 1 aromatic heterocycles. The highest BCUT2D eigenvalue weighted by molar-refractivity contribution is 5.57. The normalized spacial score (nSPS) is 14.5. The van der Waals surface area contributed by atoms with Gasteiger partial charge in [0.25, 0.3) is 0 Å². The van der Waals surface area contributed by atoms with Gasteiger partial charge in [-0.1, -0.05) is 0 Å². The van der Waals surface area contributed by atoms with Crippen LogP contribution in [0.3, 0.4) is 0 Å². The Hall–Kier alpha value is -1.40. The van der Waals surface area contributed by atoms with E-state index in [-0.39, 0.29) is 0 Å². The minimum absolute atomic E-state index is 0.307. The smallest absolute Gasteiger partial charge is 0.148 e. The fourth-order valence-electron chi connectivity index (χ4n) is 2.12. The van der Waals surface area contributed by atoms with Crippen molar-refractivity contribution in [1.29, 1.82) is 0 Å². The lowest BCUT2D eigenvalue weighted by Gasteiger charge is -2.13. The lowest BCUT2D eigenvalue weighted by atomic mass is 10.2. The van der Waals surface area contributed by atoms with Crippen LogP contribution in [0.2, 0.25) is 0 Å². The molecule has 2 rings (SSSR count). The molecule has 1 aliphatic carbocycles. The monoisotopic (exact) mass is 293 g/mol. The van der Waals surface area contributed by atoms with E-state index >= 15 is 0 Å². The fraction of sp³-hybridized carbons (Fsp3) is 0.733. The van der Waals surface area contributed by atoms with Crippen molar-refractivity contribution in [2.75, 3.05) is 23.9 Å². The largest absolute Gasteiger partial charge is 0.379 e. The number of anilines is 2. The lowest BCUT2D eigenvalue weighted by molar-refractivity contribution is 0.0765. The highest BCUT2D eigenvalue weighted by Gasteiger charge is 2.28. The highest BCUT2D eigenvalue weighted by atomic mass is 16.5. The highest BCUT2D eigenvalue weighted by Crippen LogP contribution is 2.39. The van der Waals surface area contributed by atoms with Crippen LogP contribution < -0.4 is 16.6 Å². The zero-order valence-corrected chi connectivity index (χ0v) is 13.3. The molecule has 21 heavy (non-hydrogen) atoms. The second kappa shape index (κ2) is 7.56. The molecule has 0 bridgehead atoms. The van der Waals surface area contributed by atoms with E-state index in [1.54, 1.807) is 0 Å². The number of hydrogen-bond donors (Lipinski definition) is 3. The van der Waals surface area contributed by atoms with Crippen molar-refractivity contribution in [2.24, 2.45) is 5.84 Å². The number of nitrogens with two attached hydrogens (primary N) is 1. The van der Waals surface area contributed by atoms with Crippen LogP contribution in [0.1, 0.15) is 56.8 Å². The maximum atomic E-state index is 5.55. The zero-order chi connectivity index (χ0) is 15.2. The van der Waals surface area contributed by atoms with Gasteiger partial charge in [-0.2, -0.15) is 0 Å². The van der Waals surface area contributed by atoms with Crippen molar-refractivity contribution < 1.29 is 4.74 Å². The average Bonchev–Trinajstić information content (AvgIpc) is 3.28. The molecule has 1 aromatic rings. The minimum Gasteiger partial charge on any atom is -0.379 e. The van der Waals surface area contributed by atoms with E-state index in [9.17, 15) is 0 Å². The van der Waals surface area contributed by atoms with Crippen molar-refractivity contribution in [2.45, 2.75) is 58.5 Å². The third-order valence-corrected chi connectivity index (χ3v) is 3.56. The van der Waals surface area contributed by atoms with Crippen LogP contribution in [0.5, 0.6) is 0 Å². The Labute approximate surface area is 126 Å². The Morgan fingerprint density at radius 2 is 1.95 bits per heavy atom. The first-order valence-corrected chi connectivity index (χ1v) is 7.82. The first-order valence-electron chi connectivity index (χ1n) is 7.82. The maximum absolute atomic E-state index is 5.55. The number of rotatable bonds is 9. The van der Waals surface area contributed by atoms with E-state index in [2.05, 4.69) is 34.6 Å². The molecule has 1 heterocycles. The summed E-state index contributed by atoms with van der Waals surface area (Å²) in [5.41, 5.74) is 3.64.